The van der Waals surface area contributed by atoms with E-state index in [9.17, 15) is 13.2 Å². The molecule has 2 fully saturated rings. The van der Waals surface area contributed by atoms with Gasteiger partial charge in [-0.05, 0) is 19.9 Å². The van der Waals surface area contributed by atoms with Crippen LogP contribution in [0.2, 0.25) is 0 Å². The Bertz CT molecular complexity index is 828. The first-order valence-corrected chi connectivity index (χ1v) is 11.1. The molecule has 0 aromatic carbocycles. The Hall–Kier alpha value is -1.42. The van der Waals surface area contributed by atoms with Gasteiger partial charge in [-0.15, -0.1) is 11.3 Å². The van der Waals surface area contributed by atoms with Crippen molar-refractivity contribution in [2.24, 2.45) is 11.8 Å². The van der Waals surface area contributed by atoms with Crippen molar-refractivity contribution in [3.63, 3.8) is 0 Å². The van der Waals surface area contributed by atoms with Gasteiger partial charge in [0.15, 0.2) is 0 Å². The van der Waals surface area contributed by atoms with E-state index in [2.05, 4.69) is 22.2 Å². The Kier molecular flexibility index (Phi) is 4.58. The molecule has 26 heavy (non-hydrogen) atoms. The molecule has 142 valence electrons. The van der Waals surface area contributed by atoms with Gasteiger partial charge in [-0.1, -0.05) is 12.2 Å². The van der Waals surface area contributed by atoms with Crippen molar-refractivity contribution < 1.29 is 17.9 Å². The maximum atomic E-state index is 12.3. The molecular formula is C17H23N3O4S2. The minimum Gasteiger partial charge on any atom is -0.366 e. The van der Waals surface area contributed by atoms with Crippen molar-refractivity contribution in [1.82, 2.24) is 14.9 Å². The van der Waals surface area contributed by atoms with Crippen LogP contribution in [0.5, 0.6) is 0 Å². The smallest absolute Gasteiger partial charge is 0.317 e. The molecule has 3 aliphatic heterocycles. The zero-order chi connectivity index (χ0) is 18.5. The average molecular weight is 398 g/mol. The number of hydrogen-bond acceptors (Lipinski definition) is 5. The van der Waals surface area contributed by atoms with Crippen molar-refractivity contribution in [2.45, 2.75) is 31.0 Å². The molecule has 2 saturated heterocycles. The summed E-state index contributed by atoms with van der Waals surface area (Å²) in [5.41, 5.74) is 0. The van der Waals surface area contributed by atoms with E-state index in [1.165, 1.54) is 11.3 Å². The van der Waals surface area contributed by atoms with Gasteiger partial charge in [-0.3, -0.25) is 0 Å². The first kappa shape index (κ1) is 18.0. The van der Waals surface area contributed by atoms with E-state index < -0.39 is 10.0 Å². The Morgan fingerprint density at radius 1 is 1.23 bits per heavy atom. The second-order valence-corrected chi connectivity index (χ2v) is 10.3. The lowest BCUT2D eigenvalue weighted by atomic mass is 9.86. The molecule has 4 atom stereocenters. The number of urea groups is 1. The number of sulfonamides is 1. The number of ether oxygens (including phenoxy) is 1. The first-order chi connectivity index (χ1) is 12.3. The van der Waals surface area contributed by atoms with Crippen LogP contribution in [-0.4, -0.2) is 57.7 Å². The molecule has 9 heteroatoms. The molecule has 2 bridgehead atoms. The van der Waals surface area contributed by atoms with E-state index in [-0.39, 0.29) is 31.3 Å². The molecule has 1 aromatic rings. The Morgan fingerprint density at radius 2 is 1.88 bits per heavy atom. The van der Waals surface area contributed by atoms with Gasteiger partial charge in [0.1, 0.15) is 0 Å². The maximum Gasteiger partial charge on any atom is 0.317 e. The highest BCUT2D eigenvalue weighted by Crippen LogP contribution is 2.43. The summed E-state index contributed by atoms with van der Waals surface area (Å²) in [5.74, 6) is 0.776. The number of aryl methyl sites for hydroxylation is 2. The number of carbonyl (C=O) groups is 1. The summed E-state index contributed by atoms with van der Waals surface area (Å²) in [7, 11) is -3.54. The van der Waals surface area contributed by atoms with Gasteiger partial charge in [0.2, 0.25) is 10.0 Å². The van der Waals surface area contributed by atoms with Crippen LogP contribution in [-0.2, 0) is 14.8 Å². The molecule has 3 aliphatic rings. The van der Waals surface area contributed by atoms with Crippen molar-refractivity contribution in [3.8, 4) is 0 Å². The van der Waals surface area contributed by atoms with Crippen LogP contribution in [0, 0.1) is 25.7 Å². The third kappa shape index (κ3) is 3.17. The Balaban J connectivity index is 1.24. The number of likely N-dealkylation sites (tertiary alicyclic amines) is 1. The van der Waals surface area contributed by atoms with E-state index >= 15 is 0 Å². The number of rotatable bonds is 5. The molecule has 0 saturated carbocycles. The minimum atomic E-state index is -3.54. The van der Waals surface area contributed by atoms with Gasteiger partial charge in [0.25, 0.3) is 0 Å². The predicted molar refractivity (Wildman–Crippen MR) is 98.7 cm³/mol. The van der Waals surface area contributed by atoms with E-state index in [0.717, 1.165) is 9.75 Å². The van der Waals surface area contributed by atoms with Crippen molar-refractivity contribution in [2.75, 3.05) is 26.2 Å². The largest absolute Gasteiger partial charge is 0.366 e. The fourth-order valence-electron chi connectivity index (χ4n) is 4.11. The summed E-state index contributed by atoms with van der Waals surface area (Å²) in [5, 5.41) is 2.81. The van der Waals surface area contributed by atoms with E-state index in [1.54, 1.807) is 13.0 Å². The zero-order valence-corrected chi connectivity index (χ0v) is 16.4. The molecule has 0 radical (unpaired) electrons. The van der Waals surface area contributed by atoms with Gasteiger partial charge in [-0.25, -0.2) is 17.9 Å². The number of nitrogens with zero attached hydrogens (tertiary/aromatic N) is 1. The topological polar surface area (TPSA) is 87.7 Å². The van der Waals surface area contributed by atoms with Crippen LogP contribution in [0.25, 0.3) is 0 Å². The second kappa shape index (κ2) is 6.63. The molecule has 7 nitrogen and oxygen atoms in total. The second-order valence-electron chi connectivity index (χ2n) is 7.09. The number of thiophene rings is 1. The Labute approximate surface area is 157 Å². The number of nitrogens with one attached hydrogen (secondary N) is 2. The number of fused-ring (bicyclic) bond motifs is 5. The van der Waals surface area contributed by atoms with Crippen LogP contribution < -0.4 is 10.0 Å². The lowest BCUT2D eigenvalue weighted by Gasteiger charge is -2.19. The fourth-order valence-corrected chi connectivity index (χ4v) is 6.70. The first-order valence-electron chi connectivity index (χ1n) is 8.78. The summed E-state index contributed by atoms with van der Waals surface area (Å²) in [4.78, 5) is 16.2. The third-order valence-corrected chi connectivity index (χ3v) is 8.01. The quantitative estimate of drug-likeness (QED) is 0.578. The SMILES string of the molecule is Cc1cc(S(=O)(=O)NCCNC(=O)N2CC3C4C=CC(O4)C3C2)c(C)s1. The number of amides is 2. The summed E-state index contributed by atoms with van der Waals surface area (Å²) in [6, 6.07) is 1.54. The molecule has 2 amide bonds. The van der Waals surface area contributed by atoms with Gasteiger partial charge >= 0.3 is 6.03 Å². The van der Waals surface area contributed by atoms with E-state index in [1.807, 2.05) is 11.8 Å². The summed E-state index contributed by atoms with van der Waals surface area (Å²) in [6.45, 7) is 5.49. The van der Waals surface area contributed by atoms with Crippen LogP contribution in [0.3, 0.4) is 0 Å². The lowest BCUT2D eigenvalue weighted by Crippen LogP contribution is -2.43. The predicted octanol–water partition coefficient (Wildman–Crippen LogP) is 1.24. The molecular weight excluding hydrogens is 374 g/mol. The van der Waals surface area contributed by atoms with E-state index in [4.69, 9.17) is 4.74 Å². The standard InChI is InChI=1S/C17H23N3O4S2/c1-10-7-16(11(2)25-10)26(22,23)19-6-5-18-17(21)20-8-12-13(9-20)15-4-3-14(12)24-15/h3-4,7,12-15,19H,5-6,8-9H2,1-2H3,(H,18,21). The Morgan fingerprint density at radius 3 is 2.46 bits per heavy atom. The highest BCUT2D eigenvalue weighted by atomic mass is 32.2. The number of hydrogen-bond donors (Lipinski definition) is 2. The molecule has 2 N–H and O–H groups in total. The van der Waals surface area contributed by atoms with Crippen molar-refractivity contribution in [1.29, 1.82) is 0 Å². The lowest BCUT2D eigenvalue weighted by molar-refractivity contribution is 0.0883. The average Bonchev–Trinajstić information content (AvgIpc) is 3.32. The molecule has 0 spiro atoms. The molecule has 4 heterocycles. The molecule has 4 unspecified atom stereocenters. The van der Waals surface area contributed by atoms with Gasteiger partial charge in [0.05, 0.1) is 17.1 Å². The van der Waals surface area contributed by atoms with Crippen molar-refractivity contribution >= 4 is 27.4 Å². The molecule has 1 aromatic heterocycles. The zero-order valence-electron chi connectivity index (χ0n) is 14.8. The number of carbonyl (C=O) groups excluding carboxylic acids is 1. The van der Waals surface area contributed by atoms with Crippen molar-refractivity contribution in [3.05, 3.63) is 28.0 Å². The minimum absolute atomic E-state index is 0.138. The van der Waals surface area contributed by atoms with Crippen LogP contribution in [0.1, 0.15) is 9.75 Å². The summed E-state index contributed by atoms with van der Waals surface area (Å²) in [6.07, 6.45) is 4.48. The maximum absolute atomic E-state index is 12.3. The van der Waals surface area contributed by atoms with E-state index in [0.29, 0.717) is 29.8 Å². The summed E-state index contributed by atoms with van der Waals surface area (Å²) >= 11 is 1.46. The molecule has 0 aliphatic carbocycles. The fraction of sp³-hybridized carbons (Fsp3) is 0.588. The highest BCUT2D eigenvalue weighted by molar-refractivity contribution is 7.89. The summed E-state index contributed by atoms with van der Waals surface area (Å²) < 4.78 is 33.0. The van der Waals surface area contributed by atoms with Crippen LogP contribution >= 0.6 is 11.3 Å². The van der Waals surface area contributed by atoms with Crippen LogP contribution in [0.4, 0.5) is 4.79 Å². The normalized spacial score (nSPS) is 29.4. The molecule has 4 rings (SSSR count). The van der Waals surface area contributed by atoms with Gasteiger partial charge in [-0.2, -0.15) is 0 Å². The van der Waals surface area contributed by atoms with Crippen LogP contribution in [0.15, 0.2) is 23.1 Å². The van der Waals surface area contributed by atoms with Gasteiger partial charge in [0, 0.05) is 47.8 Å². The van der Waals surface area contributed by atoms with Gasteiger partial charge < -0.3 is 15.0 Å². The highest BCUT2D eigenvalue weighted by Gasteiger charge is 2.51. The monoisotopic (exact) mass is 397 g/mol. The third-order valence-electron chi connectivity index (χ3n) is 5.33.